The number of ether oxygens (including phenoxy) is 1. The molecule has 0 aromatic rings. The van der Waals surface area contributed by atoms with Crippen molar-refractivity contribution in [3.63, 3.8) is 0 Å². The van der Waals surface area contributed by atoms with Crippen molar-refractivity contribution in [3.05, 3.63) is 0 Å². The number of carbonyl (C=O) groups excluding carboxylic acids is 2. The molecule has 0 saturated carbocycles. The van der Waals surface area contributed by atoms with E-state index in [1.54, 1.807) is 0 Å². The van der Waals surface area contributed by atoms with E-state index in [1.807, 2.05) is 4.90 Å². The van der Waals surface area contributed by atoms with Gasteiger partial charge in [0.05, 0.1) is 13.0 Å². The number of halogens is 1. The second-order valence-corrected chi connectivity index (χ2v) is 9.25. The highest BCUT2D eigenvalue weighted by Crippen LogP contribution is 2.12. The van der Waals surface area contributed by atoms with Crippen LogP contribution in [0.5, 0.6) is 0 Å². The Morgan fingerprint density at radius 1 is 0.742 bits per heavy atom. The SMILES string of the molecule is CCCCCCCCCCCCCCOC(=O)CCC(=O)N1CCN(CCCCl)CC1. The Balaban J connectivity index is 1.89. The Bertz CT molecular complexity index is 454. The second-order valence-electron chi connectivity index (χ2n) is 8.87. The van der Waals surface area contributed by atoms with Crippen molar-refractivity contribution in [3.8, 4) is 0 Å². The maximum Gasteiger partial charge on any atom is 0.306 e. The van der Waals surface area contributed by atoms with Crippen LogP contribution in [0.1, 0.15) is 103 Å². The highest BCUT2D eigenvalue weighted by Gasteiger charge is 2.21. The van der Waals surface area contributed by atoms with Gasteiger partial charge in [0.1, 0.15) is 0 Å². The standard InChI is InChI=1S/C25H47ClN2O3/c1-2-3-4-5-6-7-8-9-10-11-12-13-23-31-25(30)16-15-24(29)28-21-19-27(20-22-28)18-14-17-26/h2-23H2,1H3. The fraction of sp³-hybridized carbons (Fsp3) is 0.920. The van der Waals surface area contributed by atoms with Gasteiger partial charge in [0.2, 0.25) is 5.91 Å². The molecule has 1 saturated heterocycles. The summed E-state index contributed by atoms with van der Waals surface area (Å²) in [5, 5.41) is 0. The van der Waals surface area contributed by atoms with Crippen LogP contribution in [0.25, 0.3) is 0 Å². The Morgan fingerprint density at radius 2 is 1.29 bits per heavy atom. The summed E-state index contributed by atoms with van der Waals surface area (Å²) in [4.78, 5) is 28.4. The average Bonchev–Trinajstić information content (AvgIpc) is 2.79. The maximum absolute atomic E-state index is 12.3. The normalized spacial score (nSPS) is 14.7. The number of alkyl halides is 1. The van der Waals surface area contributed by atoms with E-state index in [1.165, 1.54) is 64.2 Å². The third-order valence-electron chi connectivity index (χ3n) is 6.14. The summed E-state index contributed by atoms with van der Waals surface area (Å²) in [6, 6.07) is 0. The molecule has 1 heterocycles. The average molecular weight is 459 g/mol. The lowest BCUT2D eigenvalue weighted by atomic mass is 10.1. The molecule has 31 heavy (non-hydrogen) atoms. The first-order valence-electron chi connectivity index (χ1n) is 12.9. The second kappa shape index (κ2) is 19.8. The Morgan fingerprint density at radius 3 is 1.84 bits per heavy atom. The lowest BCUT2D eigenvalue weighted by Crippen LogP contribution is -2.48. The molecule has 0 aromatic carbocycles. The third-order valence-corrected chi connectivity index (χ3v) is 6.40. The molecular formula is C25H47ClN2O3. The van der Waals surface area contributed by atoms with E-state index in [2.05, 4.69) is 11.8 Å². The van der Waals surface area contributed by atoms with Gasteiger partial charge >= 0.3 is 5.97 Å². The van der Waals surface area contributed by atoms with Crippen LogP contribution in [-0.2, 0) is 14.3 Å². The quantitative estimate of drug-likeness (QED) is 0.140. The fourth-order valence-corrected chi connectivity index (χ4v) is 4.19. The minimum Gasteiger partial charge on any atom is -0.466 e. The number of unbranched alkanes of at least 4 members (excludes halogenated alkanes) is 11. The zero-order valence-corrected chi connectivity index (χ0v) is 20.8. The third kappa shape index (κ3) is 15.6. The van der Waals surface area contributed by atoms with Crippen LogP contribution in [0.4, 0.5) is 0 Å². The number of hydrogen-bond acceptors (Lipinski definition) is 4. The van der Waals surface area contributed by atoms with Crippen LogP contribution in [0, 0.1) is 0 Å². The van der Waals surface area contributed by atoms with E-state index in [9.17, 15) is 9.59 Å². The molecular weight excluding hydrogens is 412 g/mol. The predicted molar refractivity (Wildman–Crippen MR) is 130 cm³/mol. The molecule has 0 aromatic heterocycles. The fourth-order valence-electron chi connectivity index (χ4n) is 4.07. The minimum absolute atomic E-state index is 0.0688. The van der Waals surface area contributed by atoms with Crippen molar-refractivity contribution in [2.75, 3.05) is 45.2 Å². The van der Waals surface area contributed by atoms with Crippen molar-refractivity contribution in [1.82, 2.24) is 9.80 Å². The number of carbonyl (C=O) groups is 2. The molecule has 0 spiro atoms. The van der Waals surface area contributed by atoms with Gasteiger partial charge < -0.3 is 9.64 Å². The van der Waals surface area contributed by atoms with Crippen molar-refractivity contribution < 1.29 is 14.3 Å². The van der Waals surface area contributed by atoms with Crippen LogP contribution < -0.4 is 0 Å². The molecule has 0 unspecified atom stereocenters. The summed E-state index contributed by atoms with van der Waals surface area (Å²) in [6.07, 6.45) is 17.0. The molecule has 1 aliphatic rings. The Labute approximate surface area is 196 Å². The molecule has 0 atom stereocenters. The topological polar surface area (TPSA) is 49.9 Å². The van der Waals surface area contributed by atoms with Gasteiger partial charge in [0, 0.05) is 38.5 Å². The number of hydrogen-bond donors (Lipinski definition) is 0. The molecule has 0 aliphatic carbocycles. The molecule has 0 bridgehead atoms. The summed E-state index contributed by atoms with van der Waals surface area (Å²) in [6.45, 7) is 7.03. The maximum atomic E-state index is 12.3. The number of esters is 1. The van der Waals surface area contributed by atoms with E-state index in [0.29, 0.717) is 12.5 Å². The summed E-state index contributed by atoms with van der Waals surface area (Å²) >= 11 is 5.74. The minimum atomic E-state index is -0.239. The Hall–Kier alpha value is -0.810. The molecule has 1 aliphatic heterocycles. The summed E-state index contributed by atoms with van der Waals surface area (Å²) < 4.78 is 5.30. The van der Waals surface area contributed by atoms with Gasteiger partial charge in [-0.15, -0.1) is 11.6 Å². The van der Waals surface area contributed by atoms with Gasteiger partial charge in [-0.1, -0.05) is 77.6 Å². The van der Waals surface area contributed by atoms with Crippen LogP contribution >= 0.6 is 11.6 Å². The van der Waals surface area contributed by atoms with Crippen molar-refractivity contribution >= 4 is 23.5 Å². The van der Waals surface area contributed by atoms with Crippen molar-refractivity contribution in [2.24, 2.45) is 0 Å². The van der Waals surface area contributed by atoms with Gasteiger partial charge in [-0.05, 0) is 19.4 Å². The molecule has 6 heteroatoms. The van der Waals surface area contributed by atoms with E-state index < -0.39 is 0 Å². The monoisotopic (exact) mass is 458 g/mol. The molecule has 1 fully saturated rings. The zero-order chi connectivity index (χ0) is 22.6. The van der Waals surface area contributed by atoms with Crippen LogP contribution in [-0.4, -0.2) is 66.9 Å². The first-order valence-corrected chi connectivity index (χ1v) is 13.4. The largest absolute Gasteiger partial charge is 0.466 e. The number of nitrogens with zero attached hydrogens (tertiary/aromatic N) is 2. The van der Waals surface area contributed by atoms with Gasteiger partial charge in [-0.3, -0.25) is 14.5 Å². The zero-order valence-electron chi connectivity index (χ0n) is 20.1. The van der Waals surface area contributed by atoms with Crippen LogP contribution in [0.15, 0.2) is 0 Å². The highest BCUT2D eigenvalue weighted by atomic mass is 35.5. The van der Waals surface area contributed by atoms with Gasteiger partial charge in [-0.2, -0.15) is 0 Å². The molecule has 0 N–H and O–H groups in total. The van der Waals surface area contributed by atoms with E-state index in [-0.39, 0.29) is 24.7 Å². The summed E-state index contributed by atoms with van der Waals surface area (Å²) in [5.74, 6) is 0.511. The van der Waals surface area contributed by atoms with Crippen molar-refractivity contribution in [1.29, 1.82) is 0 Å². The summed E-state index contributed by atoms with van der Waals surface area (Å²) in [7, 11) is 0. The van der Waals surface area contributed by atoms with E-state index in [4.69, 9.17) is 16.3 Å². The molecule has 1 rings (SSSR count). The van der Waals surface area contributed by atoms with Crippen LogP contribution in [0.3, 0.4) is 0 Å². The van der Waals surface area contributed by atoms with Gasteiger partial charge in [0.25, 0.3) is 0 Å². The number of piperazine rings is 1. The molecule has 0 radical (unpaired) electrons. The number of amides is 1. The molecule has 5 nitrogen and oxygen atoms in total. The Kier molecular flexibility index (Phi) is 18.1. The first-order chi connectivity index (χ1) is 15.2. The van der Waals surface area contributed by atoms with E-state index >= 15 is 0 Å². The number of rotatable bonds is 19. The molecule has 182 valence electrons. The highest BCUT2D eigenvalue weighted by molar-refractivity contribution is 6.17. The van der Waals surface area contributed by atoms with E-state index in [0.717, 1.165) is 52.0 Å². The van der Waals surface area contributed by atoms with Gasteiger partial charge in [-0.25, -0.2) is 0 Å². The van der Waals surface area contributed by atoms with Gasteiger partial charge in [0.15, 0.2) is 0 Å². The summed E-state index contributed by atoms with van der Waals surface area (Å²) in [5.41, 5.74) is 0. The van der Waals surface area contributed by atoms with Crippen molar-refractivity contribution in [2.45, 2.75) is 103 Å². The van der Waals surface area contributed by atoms with Crippen LogP contribution in [0.2, 0.25) is 0 Å². The predicted octanol–water partition coefficient (Wildman–Crippen LogP) is 5.78. The lowest BCUT2D eigenvalue weighted by Gasteiger charge is -2.34. The smallest absolute Gasteiger partial charge is 0.306 e. The molecule has 1 amide bonds. The first kappa shape index (κ1) is 28.2. The lowest BCUT2D eigenvalue weighted by molar-refractivity contribution is -0.146.